The Labute approximate surface area is 132 Å². The molecule has 0 amide bonds. The summed E-state index contributed by atoms with van der Waals surface area (Å²) in [4.78, 5) is 40.5. The quantitative estimate of drug-likeness (QED) is 0.289. The van der Waals surface area contributed by atoms with Crippen LogP contribution >= 0.6 is 11.8 Å². The van der Waals surface area contributed by atoms with E-state index in [-0.39, 0.29) is 37.5 Å². The zero-order valence-electron chi connectivity index (χ0n) is 12.3. The molecule has 1 aliphatic rings. The third kappa shape index (κ3) is 10.3. The Hall–Kier alpha value is -1.49. The van der Waals surface area contributed by atoms with E-state index < -0.39 is 10.8 Å². The van der Waals surface area contributed by atoms with Crippen LogP contribution in [0.4, 0.5) is 0 Å². The molecule has 1 heterocycles. The number of aliphatic hydroxyl groups excluding tert-OH is 1. The highest BCUT2D eigenvalue weighted by atomic mass is 32.2. The van der Waals surface area contributed by atoms with E-state index in [1.807, 2.05) is 0 Å². The van der Waals surface area contributed by atoms with Crippen LogP contribution in [-0.2, 0) is 19.2 Å². The Morgan fingerprint density at radius 2 is 1.91 bits per heavy atom. The van der Waals surface area contributed by atoms with Crippen LogP contribution < -0.4 is 11.1 Å². The van der Waals surface area contributed by atoms with Gasteiger partial charge in [-0.15, -0.1) is 11.8 Å². The number of rotatable bonds is 6. The van der Waals surface area contributed by atoms with E-state index >= 15 is 0 Å². The molecule has 0 bridgehead atoms. The van der Waals surface area contributed by atoms with Crippen molar-refractivity contribution in [1.29, 1.82) is 0 Å². The standard InChI is InChI=1S/C9H13NO4S.C2H7NO.CH2O2/c1-6(11)4-7(12)9(5-8(13)14)10-2-3-15-9;3-1-2-4;2-1-3/h10H,2-5H2,1H3,(H,13,14);4H,1-3H2;1H,(H,2,3). The van der Waals surface area contributed by atoms with E-state index in [9.17, 15) is 14.4 Å². The normalized spacial score (nSPS) is 19.0. The van der Waals surface area contributed by atoms with Crippen LogP contribution in [0.5, 0.6) is 0 Å². The van der Waals surface area contributed by atoms with Crippen LogP contribution in [0, 0.1) is 0 Å². The molecule has 0 spiro atoms. The van der Waals surface area contributed by atoms with Crippen LogP contribution in [0.1, 0.15) is 19.8 Å². The first-order chi connectivity index (χ1) is 10.3. The van der Waals surface area contributed by atoms with Crippen molar-refractivity contribution >= 4 is 35.8 Å². The highest BCUT2D eigenvalue weighted by Gasteiger charge is 2.43. The highest BCUT2D eigenvalue weighted by Crippen LogP contribution is 2.32. The minimum Gasteiger partial charge on any atom is -0.483 e. The fraction of sp³-hybridized carbons (Fsp3) is 0.667. The first-order valence-corrected chi connectivity index (χ1v) is 7.30. The average Bonchev–Trinajstić information content (AvgIpc) is 2.88. The van der Waals surface area contributed by atoms with E-state index in [0.29, 0.717) is 18.8 Å². The van der Waals surface area contributed by atoms with Gasteiger partial charge in [-0.2, -0.15) is 0 Å². The van der Waals surface area contributed by atoms with Gasteiger partial charge >= 0.3 is 5.97 Å². The van der Waals surface area contributed by atoms with Crippen molar-refractivity contribution in [1.82, 2.24) is 5.32 Å². The molecule has 1 atom stereocenters. The number of hydrogen-bond donors (Lipinski definition) is 5. The summed E-state index contributed by atoms with van der Waals surface area (Å²) in [7, 11) is 0. The molecule has 1 fully saturated rings. The van der Waals surface area contributed by atoms with E-state index in [4.69, 9.17) is 25.8 Å². The third-order valence-corrected chi connectivity index (χ3v) is 3.67. The van der Waals surface area contributed by atoms with E-state index in [0.717, 1.165) is 0 Å². The lowest BCUT2D eigenvalue weighted by Gasteiger charge is -2.24. The third-order valence-electron chi connectivity index (χ3n) is 2.25. The number of ketones is 2. The number of carboxylic acids is 1. The summed E-state index contributed by atoms with van der Waals surface area (Å²) in [5, 5.41) is 26.3. The molecule has 0 aromatic heterocycles. The van der Waals surface area contributed by atoms with Gasteiger partial charge in [0.1, 0.15) is 10.7 Å². The zero-order chi connectivity index (χ0) is 17.6. The molecule has 1 rings (SSSR count). The minimum atomic E-state index is -1.09. The largest absolute Gasteiger partial charge is 0.483 e. The van der Waals surface area contributed by atoms with Crippen molar-refractivity contribution < 1.29 is 34.5 Å². The monoisotopic (exact) mass is 338 g/mol. The highest BCUT2D eigenvalue weighted by molar-refractivity contribution is 8.01. The SMILES string of the molecule is CC(=O)CC(=O)C1(CC(=O)O)NCCS1.NCCO.O=CO. The van der Waals surface area contributed by atoms with Gasteiger partial charge in [-0.05, 0) is 6.92 Å². The average molecular weight is 338 g/mol. The van der Waals surface area contributed by atoms with Crippen molar-refractivity contribution in [2.24, 2.45) is 5.73 Å². The topological polar surface area (TPSA) is 167 Å². The summed E-state index contributed by atoms with van der Waals surface area (Å²) < 4.78 is 0. The van der Waals surface area contributed by atoms with E-state index in [2.05, 4.69) is 5.32 Å². The summed E-state index contributed by atoms with van der Waals surface area (Å²) in [6, 6.07) is 0. The molecule has 6 N–H and O–H groups in total. The van der Waals surface area contributed by atoms with Gasteiger partial charge in [0, 0.05) is 18.8 Å². The van der Waals surface area contributed by atoms with Gasteiger partial charge in [0.05, 0.1) is 19.4 Å². The molecule has 0 radical (unpaired) electrons. The van der Waals surface area contributed by atoms with Crippen LogP contribution in [0.25, 0.3) is 0 Å². The van der Waals surface area contributed by atoms with E-state index in [1.165, 1.54) is 18.7 Å². The van der Waals surface area contributed by atoms with Gasteiger partial charge in [0.15, 0.2) is 5.78 Å². The smallest absolute Gasteiger partial charge is 0.306 e. The maximum atomic E-state index is 11.7. The molecule has 9 nitrogen and oxygen atoms in total. The molecule has 22 heavy (non-hydrogen) atoms. The van der Waals surface area contributed by atoms with Crippen molar-refractivity contribution in [3.8, 4) is 0 Å². The molecular formula is C12H22N2O7S. The first-order valence-electron chi connectivity index (χ1n) is 6.31. The van der Waals surface area contributed by atoms with Crippen molar-refractivity contribution in [3.05, 3.63) is 0 Å². The van der Waals surface area contributed by atoms with Gasteiger partial charge < -0.3 is 21.1 Å². The second-order valence-electron chi connectivity index (χ2n) is 4.09. The van der Waals surface area contributed by atoms with Gasteiger partial charge in [0.25, 0.3) is 6.47 Å². The summed E-state index contributed by atoms with van der Waals surface area (Å²) in [5.74, 6) is -0.913. The number of nitrogens with two attached hydrogens (primary N) is 1. The lowest BCUT2D eigenvalue weighted by molar-refractivity contribution is -0.140. The fourth-order valence-electron chi connectivity index (χ4n) is 1.50. The number of aliphatic hydroxyl groups is 1. The van der Waals surface area contributed by atoms with Crippen LogP contribution in [0.3, 0.4) is 0 Å². The molecule has 128 valence electrons. The lowest BCUT2D eigenvalue weighted by Crippen LogP contribution is -2.47. The number of aliphatic carboxylic acids is 1. The Morgan fingerprint density at radius 1 is 1.41 bits per heavy atom. The van der Waals surface area contributed by atoms with Crippen molar-refractivity contribution in [2.45, 2.75) is 24.6 Å². The molecule has 10 heteroatoms. The molecule has 1 saturated heterocycles. The van der Waals surface area contributed by atoms with Crippen molar-refractivity contribution in [3.63, 3.8) is 0 Å². The Morgan fingerprint density at radius 3 is 2.18 bits per heavy atom. The Bertz CT molecular complexity index is 368. The van der Waals surface area contributed by atoms with Gasteiger partial charge in [-0.1, -0.05) is 0 Å². The van der Waals surface area contributed by atoms with Crippen LogP contribution in [0.2, 0.25) is 0 Å². The predicted octanol–water partition coefficient (Wildman–Crippen LogP) is -1.32. The second kappa shape index (κ2) is 13.2. The molecule has 0 aromatic rings. The Balaban J connectivity index is 0. The minimum absolute atomic E-state index is 0.0972. The van der Waals surface area contributed by atoms with Gasteiger partial charge in [0.2, 0.25) is 0 Å². The van der Waals surface area contributed by atoms with Crippen LogP contribution in [0.15, 0.2) is 0 Å². The summed E-state index contributed by atoms with van der Waals surface area (Å²) in [6.45, 7) is 2.15. The van der Waals surface area contributed by atoms with Gasteiger partial charge in [-0.3, -0.25) is 24.5 Å². The maximum absolute atomic E-state index is 11.7. The molecule has 0 saturated carbocycles. The maximum Gasteiger partial charge on any atom is 0.306 e. The fourth-order valence-corrected chi connectivity index (χ4v) is 2.72. The molecule has 1 aliphatic heterocycles. The number of hydrogen-bond acceptors (Lipinski definition) is 8. The van der Waals surface area contributed by atoms with Crippen molar-refractivity contribution in [2.75, 3.05) is 25.4 Å². The number of Topliss-reactive ketones (excluding diaryl/α,β-unsaturated/α-hetero) is 2. The molecule has 0 aromatic carbocycles. The predicted molar refractivity (Wildman–Crippen MR) is 80.6 cm³/mol. The second-order valence-corrected chi connectivity index (χ2v) is 5.49. The van der Waals surface area contributed by atoms with Crippen LogP contribution in [-0.4, -0.2) is 69.6 Å². The number of carbonyl (C=O) groups is 4. The Kier molecular flexibility index (Phi) is 13.7. The summed E-state index contributed by atoms with van der Waals surface area (Å²) in [6.07, 6.45) is -0.475. The molecule has 1 unspecified atom stereocenters. The number of carbonyl (C=O) groups excluding carboxylic acids is 2. The summed E-state index contributed by atoms with van der Waals surface area (Å²) in [5.41, 5.74) is 4.78. The number of nitrogens with one attached hydrogen (secondary N) is 1. The number of carboxylic acid groups (broad SMARTS) is 2. The lowest BCUT2D eigenvalue weighted by atomic mass is 10.0. The molecular weight excluding hydrogens is 316 g/mol. The first kappa shape index (κ1) is 22.8. The zero-order valence-corrected chi connectivity index (χ0v) is 13.1. The van der Waals surface area contributed by atoms with E-state index in [1.54, 1.807) is 0 Å². The van der Waals surface area contributed by atoms with Gasteiger partial charge in [-0.25, -0.2) is 0 Å². The number of thioether (sulfide) groups is 1. The summed E-state index contributed by atoms with van der Waals surface area (Å²) >= 11 is 1.27. The molecule has 0 aliphatic carbocycles.